The average molecular weight is 297 g/mol. The van der Waals surface area contributed by atoms with Gasteiger partial charge in [-0.1, -0.05) is 0 Å². The fourth-order valence-corrected chi connectivity index (χ4v) is 2.62. The topological polar surface area (TPSA) is 67.2 Å². The van der Waals surface area contributed by atoms with Gasteiger partial charge >= 0.3 is 0 Å². The molecule has 0 bridgehead atoms. The van der Waals surface area contributed by atoms with Crippen molar-refractivity contribution in [1.29, 1.82) is 0 Å². The molecule has 1 aromatic rings. The molecule has 5 nitrogen and oxygen atoms in total. The fraction of sp³-hybridized carbons (Fsp3) is 0.571. The number of nitrogens with zero attached hydrogens (tertiary/aromatic N) is 2. The molecule has 1 aromatic heterocycles. The maximum atomic E-state index is 11.9. The number of carbonyl (C=O) groups excluding carboxylic acids is 1. The molecule has 0 saturated heterocycles. The number of hydrogen-bond acceptors (Lipinski definition) is 4. The van der Waals surface area contributed by atoms with Gasteiger partial charge in [-0.15, -0.1) is 0 Å². The zero-order chi connectivity index (χ0) is 15.3. The maximum absolute atomic E-state index is 11.9. The molecule has 0 aliphatic heterocycles. The van der Waals surface area contributed by atoms with E-state index in [0.717, 1.165) is 17.0 Å². The van der Waals surface area contributed by atoms with E-state index in [1.54, 1.807) is 22.5 Å². The maximum Gasteiger partial charge on any atom is 0.244 e. The van der Waals surface area contributed by atoms with Gasteiger partial charge in [-0.25, -0.2) is 0 Å². The van der Waals surface area contributed by atoms with Crippen molar-refractivity contribution in [3.05, 3.63) is 23.0 Å². The quantitative estimate of drug-likeness (QED) is 0.776. The molecule has 6 heteroatoms. The highest BCUT2D eigenvalue weighted by molar-refractivity contribution is 7.99. The van der Waals surface area contributed by atoms with Gasteiger partial charge in [0.25, 0.3) is 0 Å². The van der Waals surface area contributed by atoms with Crippen molar-refractivity contribution < 1.29 is 9.90 Å². The van der Waals surface area contributed by atoms with Crippen LogP contribution in [0.2, 0.25) is 0 Å². The largest absolute Gasteiger partial charge is 0.395 e. The lowest BCUT2D eigenvalue weighted by Gasteiger charge is -2.20. The number of thioether (sulfide) groups is 1. The van der Waals surface area contributed by atoms with Crippen LogP contribution in [0, 0.1) is 13.8 Å². The molecule has 1 heterocycles. The Kier molecular flexibility index (Phi) is 6.29. The van der Waals surface area contributed by atoms with Crippen molar-refractivity contribution in [3.8, 4) is 0 Å². The number of aliphatic hydroxyl groups excluding tert-OH is 1. The van der Waals surface area contributed by atoms with E-state index in [0.29, 0.717) is 0 Å². The standard InChI is InChI=1S/C14H23N3O2S/c1-9-12(11(3)17(4)16-9)6-7-14(19)15-10(2)13(8-18)20-5/h6-7,10,13,18H,8H2,1-5H3,(H,15,19)/b7-6+. The summed E-state index contributed by atoms with van der Waals surface area (Å²) in [6.45, 7) is 5.83. The first-order chi connectivity index (χ1) is 9.40. The van der Waals surface area contributed by atoms with Crippen molar-refractivity contribution in [2.24, 2.45) is 7.05 Å². The smallest absolute Gasteiger partial charge is 0.244 e. The first-order valence-electron chi connectivity index (χ1n) is 6.53. The van der Waals surface area contributed by atoms with Gasteiger partial charge in [0, 0.05) is 35.7 Å². The minimum atomic E-state index is -0.160. The normalized spacial score (nSPS) is 14.5. The Morgan fingerprint density at radius 2 is 2.20 bits per heavy atom. The van der Waals surface area contributed by atoms with Crippen molar-refractivity contribution in [2.45, 2.75) is 32.1 Å². The molecule has 2 N–H and O–H groups in total. The van der Waals surface area contributed by atoms with Gasteiger partial charge in [-0.3, -0.25) is 9.48 Å². The fourth-order valence-electron chi connectivity index (χ4n) is 1.99. The lowest BCUT2D eigenvalue weighted by Crippen LogP contribution is -2.40. The van der Waals surface area contributed by atoms with Gasteiger partial charge < -0.3 is 10.4 Å². The highest BCUT2D eigenvalue weighted by Crippen LogP contribution is 2.14. The Hall–Kier alpha value is -1.27. The second-order valence-corrected chi connectivity index (χ2v) is 5.87. The summed E-state index contributed by atoms with van der Waals surface area (Å²) in [6, 6.07) is -0.0803. The van der Waals surface area contributed by atoms with E-state index < -0.39 is 0 Å². The van der Waals surface area contributed by atoms with E-state index in [-0.39, 0.29) is 23.8 Å². The number of aliphatic hydroxyl groups is 1. The molecule has 2 atom stereocenters. The van der Waals surface area contributed by atoms with Crippen LogP contribution in [0.5, 0.6) is 0 Å². The Labute approximate surface area is 124 Å². The predicted molar refractivity (Wildman–Crippen MR) is 83.7 cm³/mol. The van der Waals surface area contributed by atoms with Crippen LogP contribution in [0.25, 0.3) is 6.08 Å². The Morgan fingerprint density at radius 1 is 1.55 bits per heavy atom. The summed E-state index contributed by atoms with van der Waals surface area (Å²) < 4.78 is 1.80. The highest BCUT2D eigenvalue weighted by Gasteiger charge is 2.16. The second kappa shape index (κ2) is 7.50. The summed E-state index contributed by atoms with van der Waals surface area (Å²) in [5.41, 5.74) is 2.90. The van der Waals surface area contributed by atoms with Crippen LogP contribution in [-0.4, -0.2) is 44.9 Å². The molecule has 0 fully saturated rings. The third-order valence-electron chi connectivity index (χ3n) is 3.38. The number of aromatic nitrogens is 2. The average Bonchev–Trinajstić information content (AvgIpc) is 2.62. The van der Waals surface area contributed by atoms with Gasteiger partial charge in [0.2, 0.25) is 5.91 Å². The number of aryl methyl sites for hydroxylation is 2. The zero-order valence-corrected chi connectivity index (χ0v) is 13.5. The summed E-state index contributed by atoms with van der Waals surface area (Å²) >= 11 is 1.54. The molecule has 2 unspecified atom stereocenters. The zero-order valence-electron chi connectivity index (χ0n) is 12.7. The van der Waals surface area contributed by atoms with Crippen LogP contribution in [0.3, 0.4) is 0 Å². The highest BCUT2D eigenvalue weighted by atomic mass is 32.2. The molecule has 20 heavy (non-hydrogen) atoms. The summed E-state index contributed by atoms with van der Waals surface area (Å²) in [4.78, 5) is 11.9. The second-order valence-electron chi connectivity index (χ2n) is 4.80. The number of amides is 1. The Morgan fingerprint density at radius 3 is 2.65 bits per heavy atom. The van der Waals surface area contributed by atoms with Gasteiger partial charge in [0.15, 0.2) is 0 Å². The first kappa shape index (κ1) is 16.8. The molecule has 1 amide bonds. The van der Waals surface area contributed by atoms with Crippen molar-refractivity contribution in [3.63, 3.8) is 0 Å². The molecular formula is C14H23N3O2S. The summed E-state index contributed by atoms with van der Waals surface area (Å²) in [5, 5.41) is 16.4. The monoisotopic (exact) mass is 297 g/mol. The minimum absolute atomic E-state index is 0.00853. The van der Waals surface area contributed by atoms with E-state index in [1.165, 1.54) is 6.08 Å². The lowest BCUT2D eigenvalue weighted by molar-refractivity contribution is -0.117. The number of carbonyl (C=O) groups is 1. The van der Waals surface area contributed by atoms with Crippen LogP contribution in [0.15, 0.2) is 6.08 Å². The van der Waals surface area contributed by atoms with Crippen LogP contribution in [-0.2, 0) is 11.8 Å². The van der Waals surface area contributed by atoms with Crippen molar-refractivity contribution in [2.75, 3.05) is 12.9 Å². The first-order valence-corrected chi connectivity index (χ1v) is 7.81. The third kappa shape index (κ3) is 4.11. The lowest BCUT2D eigenvalue weighted by atomic mass is 10.2. The molecular weight excluding hydrogens is 274 g/mol. The number of hydrogen-bond donors (Lipinski definition) is 2. The van der Waals surface area contributed by atoms with Crippen molar-refractivity contribution in [1.82, 2.24) is 15.1 Å². The molecule has 0 saturated carbocycles. The molecule has 0 radical (unpaired) electrons. The molecule has 0 aromatic carbocycles. The van der Waals surface area contributed by atoms with E-state index in [2.05, 4.69) is 10.4 Å². The van der Waals surface area contributed by atoms with Crippen molar-refractivity contribution >= 4 is 23.7 Å². The van der Waals surface area contributed by atoms with Gasteiger partial charge in [0.1, 0.15) is 0 Å². The molecule has 0 aliphatic carbocycles. The van der Waals surface area contributed by atoms with Crippen LogP contribution >= 0.6 is 11.8 Å². The van der Waals surface area contributed by atoms with E-state index >= 15 is 0 Å². The van der Waals surface area contributed by atoms with Gasteiger partial charge in [-0.05, 0) is 33.1 Å². The molecule has 0 spiro atoms. The van der Waals surface area contributed by atoms with Crippen LogP contribution < -0.4 is 5.32 Å². The summed E-state index contributed by atoms with van der Waals surface area (Å²) in [7, 11) is 1.88. The van der Waals surface area contributed by atoms with Crippen LogP contribution in [0.4, 0.5) is 0 Å². The number of nitrogens with one attached hydrogen (secondary N) is 1. The van der Waals surface area contributed by atoms with E-state index in [1.807, 2.05) is 34.1 Å². The van der Waals surface area contributed by atoms with Crippen LogP contribution in [0.1, 0.15) is 23.9 Å². The molecule has 1 rings (SSSR count). The number of rotatable bonds is 6. The van der Waals surface area contributed by atoms with E-state index in [4.69, 9.17) is 0 Å². The summed E-state index contributed by atoms with van der Waals surface area (Å²) in [6.07, 6.45) is 5.22. The third-order valence-corrected chi connectivity index (χ3v) is 4.54. The van der Waals surface area contributed by atoms with E-state index in [9.17, 15) is 9.90 Å². The molecule has 112 valence electrons. The molecule has 0 aliphatic rings. The minimum Gasteiger partial charge on any atom is -0.395 e. The predicted octanol–water partition coefficient (Wildman–Crippen LogP) is 1.28. The van der Waals surface area contributed by atoms with Gasteiger partial charge in [0.05, 0.1) is 12.3 Å². The SMILES string of the molecule is CSC(CO)C(C)NC(=O)/C=C/c1c(C)nn(C)c1C. The Bertz CT molecular complexity index is 493. The van der Waals surface area contributed by atoms with Gasteiger partial charge in [-0.2, -0.15) is 16.9 Å². The Balaban J connectivity index is 2.68. The summed E-state index contributed by atoms with van der Waals surface area (Å²) in [5.74, 6) is -0.160.